The zero-order chi connectivity index (χ0) is 11.9. The fraction of sp³-hybridized carbons (Fsp3) is 0.733. The summed E-state index contributed by atoms with van der Waals surface area (Å²) in [5.74, 6) is 1.68. The van der Waals surface area contributed by atoms with Crippen LogP contribution in [0, 0.1) is 11.8 Å². The van der Waals surface area contributed by atoms with E-state index in [-0.39, 0.29) is 0 Å². The quantitative estimate of drug-likeness (QED) is 0.860. The first-order chi connectivity index (χ1) is 8.22. The van der Waals surface area contributed by atoms with Crippen LogP contribution < -0.4 is 5.32 Å². The molecule has 1 spiro atoms. The fourth-order valence-electron chi connectivity index (χ4n) is 3.51. The highest BCUT2D eigenvalue weighted by Crippen LogP contribution is 2.60. The van der Waals surface area contributed by atoms with Gasteiger partial charge in [-0.25, -0.2) is 0 Å². The summed E-state index contributed by atoms with van der Waals surface area (Å²) in [6, 6.07) is 2.40. The molecule has 0 radical (unpaired) electrons. The van der Waals surface area contributed by atoms with Crippen molar-refractivity contribution in [3.63, 3.8) is 0 Å². The van der Waals surface area contributed by atoms with Gasteiger partial charge in [0.05, 0.1) is 0 Å². The lowest BCUT2D eigenvalue weighted by molar-refractivity contribution is 0.467. The summed E-state index contributed by atoms with van der Waals surface area (Å²) in [6.45, 7) is 6.97. The summed E-state index contributed by atoms with van der Waals surface area (Å²) in [5.41, 5.74) is 2.31. The van der Waals surface area contributed by atoms with Crippen LogP contribution in [0.25, 0.3) is 0 Å². The Bertz CT molecular complexity index is 395. The largest absolute Gasteiger partial charge is 0.316 e. The lowest BCUT2D eigenvalue weighted by Crippen LogP contribution is -2.26. The SMILES string of the molecule is CC(C)CNCC1CC12CCCc1sccc12. The van der Waals surface area contributed by atoms with E-state index in [4.69, 9.17) is 0 Å². The van der Waals surface area contributed by atoms with Crippen molar-refractivity contribution in [2.45, 2.75) is 44.9 Å². The molecule has 17 heavy (non-hydrogen) atoms. The van der Waals surface area contributed by atoms with Crippen molar-refractivity contribution >= 4 is 11.3 Å². The molecule has 2 aliphatic carbocycles. The molecule has 0 aliphatic heterocycles. The minimum Gasteiger partial charge on any atom is -0.316 e. The van der Waals surface area contributed by atoms with E-state index < -0.39 is 0 Å². The van der Waals surface area contributed by atoms with Gasteiger partial charge in [-0.1, -0.05) is 13.8 Å². The van der Waals surface area contributed by atoms with E-state index in [0.29, 0.717) is 5.41 Å². The molecule has 94 valence electrons. The van der Waals surface area contributed by atoms with Crippen LogP contribution in [0.3, 0.4) is 0 Å². The lowest BCUT2D eigenvalue weighted by Gasteiger charge is -2.24. The second-order valence-electron chi connectivity index (χ2n) is 6.22. The van der Waals surface area contributed by atoms with Crippen molar-refractivity contribution in [2.75, 3.05) is 13.1 Å². The van der Waals surface area contributed by atoms with Gasteiger partial charge in [-0.05, 0) is 67.6 Å². The number of thiophene rings is 1. The average molecular weight is 249 g/mol. The van der Waals surface area contributed by atoms with Crippen LogP contribution in [0.2, 0.25) is 0 Å². The molecule has 0 saturated heterocycles. The Morgan fingerprint density at radius 3 is 3.24 bits per heavy atom. The van der Waals surface area contributed by atoms with Crippen molar-refractivity contribution < 1.29 is 0 Å². The van der Waals surface area contributed by atoms with Crippen LogP contribution in [0.1, 0.15) is 43.6 Å². The number of hydrogen-bond donors (Lipinski definition) is 1. The van der Waals surface area contributed by atoms with Crippen molar-refractivity contribution in [2.24, 2.45) is 11.8 Å². The minimum absolute atomic E-state index is 0.595. The lowest BCUT2D eigenvalue weighted by atomic mass is 9.83. The Morgan fingerprint density at radius 1 is 1.53 bits per heavy atom. The molecule has 1 aromatic heterocycles. The Balaban J connectivity index is 1.63. The molecule has 3 rings (SSSR count). The van der Waals surface area contributed by atoms with Crippen LogP contribution in [-0.4, -0.2) is 13.1 Å². The average Bonchev–Trinajstić information content (AvgIpc) is 2.75. The molecule has 1 fully saturated rings. The summed E-state index contributed by atoms with van der Waals surface area (Å²) in [7, 11) is 0. The molecule has 1 heterocycles. The van der Waals surface area contributed by atoms with E-state index in [1.807, 2.05) is 11.3 Å². The highest BCUT2D eigenvalue weighted by atomic mass is 32.1. The number of rotatable bonds is 4. The monoisotopic (exact) mass is 249 g/mol. The van der Waals surface area contributed by atoms with E-state index in [2.05, 4.69) is 30.6 Å². The molecular weight excluding hydrogens is 226 g/mol. The van der Waals surface area contributed by atoms with Gasteiger partial charge in [-0.2, -0.15) is 0 Å². The second-order valence-corrected chi connectivity index (χ2v) is 7.22. The summed E-state index contributed by atoms with van der Waals surface area (Å²) >= 11 is 1.98. The number of aryl methyl sites for hydroxylation is 1. The van der Waals surface area contributed by atoms with Crippen LogP contribution in [0.4, 0.5) is 0 Å². The Hall–Kier alpha value is -0.340. The first-order valence-corrected chi connectivity index (χ1v) is 7.88. The summed E-state index contributed by atoms with van der Waals surface area (Å²) in [6.07, 6.45) is 5.61. The molecule has 2 atom stereocenters. The van der Waals surface area contributed by atoms with Crippen molar-refractivity contribution in [3.05, 3.63) is 21.9 Å². The van der Waals surface area contributed by atoms with E-state index in [1.165, 1.54) is 38.8 Å². The molecule has 0 bridgehead atoms. The third-order valence-electron chi connectivity index (χ3n) is 4.48. The van der Waals surface area contributed by atoms with E-state index in [1.54, 1.807) is 10.4 Å². The van der Waals surface area contributed by atoms with Crippen LogP contribution in [0.5, 0.6) is 0 Å². The van der Waals surface area contributed by atoms with Gasteiger partial charge in [0.2, 0.25) is 0 Å². The first kappa shape index (κ1) is 11.7. The first-order valence-electron chi connectivity index (χ1n) is 7.00. The van der Waals surface area contributed by atoms with E-state index >= 15 is 0 Å². The summed E-state index contributed by atoms with van der Waals surface area (Å²) in [5, 5.41) is 5.95. The standard InChI is InChI=1S/C15H23NS/c1-11(2)9-16-10-12-8-15(12)6-3-4-14-13(15)5-7-17-14/h5,7,11-12,16H,3-4,6,8-10H2,1-2H3. The van der Waals surface area contributed by atoms with Crippen LogP contribution in [-0.2, 0) is 11.8 Å². The van der Waals surface area contributed by atoms with Gasteiger partial charge in [-0.15, -0.1) is 11.3 Å². The second kappa shape index (κ2) is 4.40. The topological polar surface area (TPSA) is 12.0 Å². The number of nitrogens with one attached hydrogen (secondary N) is 1. The Kier molecular flexibility index (Phi) is 3.04. The maximum atomic E-state index is 3.64. The summed E-state index contributed by atoms with van der Waals surface area (Å²) in [4.78, 5) is 1.68. The van der Waals surface area contributed by atoms with E-state index in [9.17, 15) is 0 Å². The molecule has 2 aliphatic rings. The molecule has 1 saturated carbocycles. The van der Waals surface area contributed by atoms with Crippen molar-refractivity contribution in [1.82, 2.24) is 5.32 Å². The predicted molar refractivity (Wildman–Crippen MR) is 74.7 cm³/mol. The normalized spacial score (nSPS) is 30.9. The minimum atomic E-state index is 0.595. The van der Waals surface area contributed by atoms with Gasteiger partial charge < -0.3 is 5.32 Å². The molecule has 1 aromatic rings. The highest BCUT2D eigenvalue weighted by molar-refractivity contribution is 7.10. The fourth-order valence-corrected chi connectivity index (χ4v) is 4.54. The Labute approximate surface area is 109 Å². The van der Waals surface area contributed by atoms with Crippen molar-refractivity contribution in [1.29, 1.82) is 0 Å². The highest BCUT2D eigenvalue weighted by Gasteiger charge is 2.56. The molecule has 0 aromatic carbocycles. The third-order valence-corrected chi connectivity index (χ3v) is 5.46. The molecule has 1 N–H and O–H groups in total. The van der Waals surface area contributed by atoms with Gasteiger partial charge in [0.15, 0.2) is 0 Å². The van der Waals surface area contributed by atoms with Crippen LogP contribution >= 0.6 is 11.3 Å². The van der Waals surface area contributed by atoms with Gasteiger partial charge in [0.25, 0.3) is 0 Å². The number of hydrogen-bond acceptors (Lipinski definition) is 2. The smallest absolute Gasteiger partial charge is 0.00829 e. The molecule has 2 unspecified atom stereocenters. The molecular formula is C15H23NS. The number of fused-ring (bicyclic) bond motifs is 2. The van der Waals surface area contributed by atoms with Gasteiger partial charge in [0, 0.05) is 10.3 Å². The molecule has 0 amide bonds. The maximum absolute atomic E-state index is 3.64. The van der Waals surface area contributed by atoms with Crippen LogP contribution in [0.15, 0.2) is 11.4 Å². The van der Waals surface area contributed by atoms with Gasteiger partial charge >= 0.3 is 0 Å². The summed E-state index contributed by atoms with van der Waals surface area (Å²) < 4.78 is 0. The van der Waals surface area contributed by atoms with E-state index in [0.717, 1.165) is 11.8 Å². The van der Waals surface area contributed by atoms with Gasteiger partial charge in [0.1, 0.15) is 0 Å². The maximum Gasteiger partial charge on any atom is 0.00829 e. The Morgan fingerprint density at radius 2 is 2.41 bits per heavy atom. The molecule has 2 heteroatoms. The van der Waals surface area contributed by atoms with Gasteiger partial charge in [-0.3, -0.25) is 0 Å². The third kappa shape index (κ3) is 2.06. The predicted octanol–water partition coefficient (Wildman–Crippen LogP) is 3.59. The zero-order valence-corrected chi connectivity index (χ0v) is 11.8. The zero-order valence-electron chi connectivity index (χ0n) is 11.0. The molecule has 1 nitrogen and oxygen atoms in total. The van der Waals surface area contributed by atoms with Crippen molar-refractivity contribution in [3.8, 4) is 0 Å².